The highest BCUT2D eigenvalue weighted by Crippen LogP contribution is 2.30. The van der Waals surface area contributed by atoms with E-state index in [2.05, 4.69) is 43.4 Å². The summed E-state index contributed by atoms with van der Waals surface area (Å²) >= 11 is 0. The van der Waals surface area contributed by atoms with E-state index in [1.54, 1.807) is 0 Å². The maximum Gasteiger partial charge on any atom is 0.114 e. The van der Waals surface area contributed by atoms with E-state index in [9.17, 15) is 0 Å². The van der Waals surface area contributed by atoms with Gasteiger partial charge in [0.1, 0.15) is 5.76 Å². The van der Waals surface area contributed by atoms with E-state index in [1.807, 2.05) is 7.05 Å². The van der Waals surface area contributed by atoms with E-state index < -0.39 is 0 Å². The Morgan fingerprint density at radius 3 is 2.44 bits per heavy atom. The lowest BCUT2D eigenvalue weighted by atomic mass is 9.95. The van der Waals surface area contributed by atoms with Crippen LogP contribution in [0.5, 0.6) is 0 Å². The summed E-state index contributed by atoms with van der Waals surface area (Å²) in [6.07, 6.45) is 3.21. The summed E-state index contributed by atoms with van der Waals surface area (Å²) in [5.74, 6) is 1.07. The van der Waals surface area contributed by atoms with E-state index in [4.69, 9.17) is 4.74 Å². The highest BCUT2D eigenvalue weighted by molar-refractivity contribution is 5.39. The average Bonchev–Trinajstić information content (AvgIpc) is 2.77. The van der Waals surface area contributed by atoms with Crippen LogP contribution in [0.1, 0.15) is 29.2 Å². The maximum absolute atomic E-state index is 5.67. The first kappa shape index (κ1) is 11.2. The molecule has 0 aromatic heterocycles. The molecular weight excluding hydrogens is 198 g/mol. The highest BCUT2D eigenvalue weighted by atomic mass is 16.5. The van der Waals surface area contributed by atoms with Crippen LogP contribution in [0.3, 0.4) is 0 Å². The van der Waals surface area contributed by atoms with Crippen LogP contribution in [0.4, 0.5) is 0 Å². The molecule has 0 aliphatic carbocycles. The van der Waals surface area contributed by atoms with Crippen LogP contribution >= 0.6 is 0 Å². The van der Waals surface area contributed by atoms with Crippen molar-refractivity contribution in [3.8, 4) is 0 Å². The zero-order valence-corrected chi connectivity index (χ0v) is 10.2. The van der Waals surface area contributed by atoms with Crippen LogP contribution in [0, 0.1) is 13.8 Å². The van der Waals surface area contributed by atoms with Gasteiger partial charge in [-0.05, 0) is 43.7 Å². The minimum atomic E-state index is 0.198. The standard InChI is InChI=1S/C14H19NO/c1-10-6-4-7-11(2)13(10)14(15-3)12-8-5-9-16-12/h4,6-8,14-15H,5,9H2,1-3H3. The first-order valence-corrected chi connectivity index (χ1v) is 5.80. The van der Waals surface area contributed by atoms with Gasteiger partial charge in [-0.15, -0.1) is 0 Å². The fourth-order valence-corrected chi connectivity index (χ4v) is 2.35. The molecule has 1 aromatic carbocycles. The molecule has 2 heteroatoms. The fraction of sp³-hybridized carbons (Fsp3) is 0.429. The molecule has 1 unspecified atom stereocenters. The molecule has 0 fully saturated rings. The lowest BCUT2D eigenvalue weighted by molar-refractivity contribution is 0.217. The first-order chi connectivity index (χ1) is 7.74. The average molecular weight is 217 g/mol. The van der Waals surface area contributed by atoms with E-state index in [0.29, 0.717) is 0 Å². The summed E-state index contributed by atoms with van der Waals surface area (Å²) in [4.78, 5) is 0. The fourth-order valence-electron chi connectivity index (χ4n) is 2.35. The number of likely N-dealkylation sites (N-methyl/N-ethyl adjacent to an activating group) is 1. The lowest BCUT2D eigenvalue weighted by Crippen LogP contribution is -2.21. The van der Waals surface area contributed by atoms with Gasteiger partial charge in [0.2, 0.25) is 0 Å². The molecular formula is C14H19NO. The molecule has 1 aromatic rings. The van der Waals surface area contributed by atoms with Crippen LogP contribution in [0.25, 0.3) is 0 Å². The van der Waals surface area contributed by atoms with Crippen molar-refractivity contribution in [2.24, 2.45) is 0 Å². The smallest absolute Gasteiger partial charge is 0.114 e. The Kier molecular flexibility index (Phi) is 3.30. The van der Waals surface area contributed by atoms with Crippen LogP contribution in [-0.4, -0.2) is 13.7 Å². The summed E-state index contributed by atoms with van der Waals surface area (Å²) < 4.78 is 5.67. The van der Waals surface area contributed by atoms with Gasteiger partial charge in [-0.25, -0.2) is 0 Å². The van der Waals surface area contributed by atoms with Gasteiger partial charge >= 0.3 is 0 Å². The predicted molar refractivity (Wildman–Crippen MR) is 66.4 cm³/mol. The van der Waals surface area contributed by atoms with Crippen LogP contribution < -0.4 is 5.32 Å². The number of aryl methyl sites for hydroxylation is 2. The van der Waals surface area contributed by atoms with Gasteiger partial charge < -0.3 is 10.1 Å². The summed E-state index contributed by atoms with van der Waals surface area (Å²) in [6.45, 7) is 5.13. The third-order valence-electron chi connectivity index (χ3n) is 3.14. The number of rotatable bonds is 3. The molecule has 2 rings (SSSR count). The van der Waals surface area contributed by atoms with Gasteiger partial charge in [-0.2, -0.15) is 0 Å². The normalized spacial score (nSPS) is 16.8. The Morgan fingerprint density at radius 1 is 1.25 bits per heavy atom. The monoisotopic (exact) mass is 217 g/mol. The molecule has 86 valence electrons. The summed E-state index contributed by atoms with van der Waals surface area (Å²) in [5, 5.41) is 3.35. The second-order valence-corrected chi connectivity index (χ2v) is 4.27. The van der Waals surface area contributed by atoms with Crippen molar-refractivity contribution in [2.45, 2.75) is 26.3 Å². The van der Waals surface area contributed by atoms with Crippen molar-refractivity contribution >= 4 is 0 Å². The molecule has 1 heterocycles. The number of hydrogen-bond donors (Lipinski definition) is 1. The van der Waals surface area contributed by atoms with E-state index >= 15 is 0 Å². The van der Waals surface area contributed by atoms with E-state index in [-0.39, 0.29) is 6.04 Å². The molecule has 0 bridgehead atoms. The second-order valence-electron chi connectivity index (χ2n) is 4.27. The Labute approximate surface area is 97.3 Å². The zero-order valence-electron chi connectivity index (χ0n) is 10.2. The predicted octanol–water partition coefficient (Wildman–Crippen LogP) is 2.87. The summed E-state index contributed by atoms with van der Waals surface area (Å²) in [5.41, 5.74) is 3.98. The molecule has 0 spiro atoms. The van der Waals surface area contributed by atoms with Crippen molar-refractivity contribution in [3.05, 3.63) is 46.7 Å². The minimum Gasteiger partial charge on any atom is -0.496 e. The van der Waals surface area contributed by atoms with Crippen LogP contribution in [-0.2, 0) is 4.74 Å². The Bertz CT molecular complexity index is 389. The topological polar surface area (TPSA) is 21.3 Å². The number of ether oxygens (including phenoxy) is 1. The molecule has 0 amide bonds. The third kappa shape index (κ3) is 1.98. The maximum atomic E-state index is 5.67. The molecule has 1 aliphatic heterocycles. The number of nitrogens with one attached hydrogen (secondary N) is 1. The SMILES string of the molecule is CNC(C1=CCCO1)c1c(C)cccc1C. The lowest BCUT2D eigenvalue weighted by Gasteiger charge is -2.22. The number of hydrogen-bond acceptors (Lipinski definition) is 2. The largest absolute Gasteiger partial charge is 0.496 e. The third-order valence-corrected chi connectivity index (χ3v) is 3.14. The molecule has 0 radical (unpaired) electrons. The molecule has 0 saturated heterocycles. The van der Waals surface area contributed by atoms with Crippen LogP contribution in [0.2, 0.25) is 0 Å². The first-order valence-electron chi connectivity index (χ1n) is 5.80. The van der Waals surface area contributed by atoms with Crippen molar-refractivity contribution in [1.82, 2.24) is 5.32 Å². The van der Waals surface area contributed by atoms with E-state index in [0.717, 1.165) is 18.8 Å². The highest BCUT2D eigenvalue weighted by Gasteiger charge is 2.21. The summed E-state index contributed by atoms with van der Waals surface area (Å²) in [7, 11) is 1.99. The Morgan fingerprint density at radius 2 is 1.94 bits per heavy atom. The molecule has 1 aliphatic rings. The van der Waals surface area contributed by atoms with Gasteiger partial charge in [0.15, 0.2) is 0 Å². The zero-order chi connectivity index (χ0) is 11.5. The van der Waals surface area contributed by atoms with Gasteiger partial charge in [-0.1, -0.05) is 18.2 Å². The minimum absolute atomic E-state index is 0.198. The van der Waals surface area contributed by atoms with Crippen molar-refractivity contribution in [3.63, 3.8) is 0 Å². The van der Waals surface area contributed by atoms with Crippen molar-refractivity contribution in [1.29, 1.82) is 0 Å². The van der Waals surface area contributed by atoms with Gasteiger partial charge in [0.05, 0.1) is 12.6 Å². The quantitative estimate of drug-likeness (QED) is 0.840. The Hall–Kier alpha value is -1.28. The second kappa shape index (κ2) is 4.71. The summed E-state index contributed by atoms with van der Waals surface area (Å²) in [6, 6.07) is 6.61. The van der Waals surface area contributed by atoms with Crippen molar-refractivity contribution in [2.75, 3.05) is 13.7 Å². The molecule has 16 heavy (non-hydrogen) atoms. The van der Waals surface area contributed by atoms with Gasteiger partial charge in [-0.3, -0.25) is 0 Å². The molecule has 1 atom stereocenters. The van der Waals surface area contributed by atoms with Gasteiger partial charge in [0.25, 0.3) is 0 Å². The van der Waals surface area contributed by atoms with Crippen molar-refractivity contribution < 1.29 is 4.74 Å². The van der Waals surface area contributed by atoms with E-state index in [1.165, 1.54) is 16.7 Å². The van der Waals surface area contributed by atoms with Crippen LogP contribution in [0.15, 0.2) is 30.0 Å². The van der Waals surface area contributed by atoms with Gasteiger partial charge in [0, 0.05) is 6.42 Å². The molecule has 1 N–H and O–H groups in total. The molecule has 2 nitrogen and oxygen atoms in total. The molecule has 0 saturated carbocycles. The number of benzene rings is 1. The Balaban J connectivity index is 2.40.